The Morgan fingerprint density at radius 2 is 2.00 bits per heavy atom. The molecule has 0 rings (SSSR count). The van der Waals surface area contributed by atoms with Crippen LogP contribution in [-0.4, -0.2) is 31.5 Å². The van der Waals surface area contributed by atoms with Crippen LogP contribution in [0.3, 0.4) is 0 Å². The van der Waals surface area contributed by atoms with Gasteiger partial charge in [0.1, 0.15) is 5.54 Å². The lowest BCUT2D eigenvalue weighted by molar-refractivity contribution is -0.122. The molecular weight excluding hydrogens is 216 g/mol. The van der Waals surface area contributed by atoms with E-state index in [2.05, 4.69) is 4.72 Å². The molecule has 0 bridgehead atoms. The number of rotatable bonds is 5. The van der Waals surface area contributed by atoms with E-state index < -0.39 is 21.5 Å². The van der Waals surface area contributed by atoms with Crippen LogP contribution in [0, 0.1) is 0 Å². The van der Waals surface area contributed by atoms with Crippen LogP contribution >= 0.6 is 11.6 Å². The van der Waals surface area contributed by atoms with Crippen LogP contribution in [0.2, 0.25) is 0 Å². The third-order valence-electron chi connectivity index (χ3n) is 1.37. The first-order valence-electron chi connectivity index (χ1n) is 3.59. The molecule has 0 aliphatic heterocycles. The van der Waals surface area contributed by atoms with Gasteiger partial charge in [-0.15, -0.1) is 11.6 Å². The molecule has 7 heteroatoms. The van der Waals surface area contributed by atoms with Gasteiger partial charge in [-0.2, -0.15) is 0 Å². The van der Waals surface area contributed by atoms with Gasteiger partial charge in [-0.25, -0.2) is 13.1 Å². The molecule has 0 saturated carbocycles. The predicted octanol–water partition coefficient (Wildman–Crippen LogP) is -0.591. The van der Waals surface area contributed by atoms with Crippen LogP contribution in [0.15, 0.2) is 0 Å². The Bertz CT molecular complexity index is 286. The van der Waals surface area contributed by atoms with Gasteiger partial charge in [0.15, 0.2) is 0 Å². The lowest BCUT2D eigenvalue weighted by atomic mass is 10.1. The highest BCUT2D eigenvalue weighted by Gasteiger charge is 2.29. The third kappa shape index (κ3) is 4.44. The Morgan fingerprint density at radius 1 is 1.54 bits per heavy atom. The molecule has 0 aromatic carbocycles. The number of carbonyl (C=O) groups excluding carboxylic acids is 1. The van der Waals surface area contributed by atoms with Crippen molar-refractivity contribution in [3.63, 3.8) is 0 Å². The monoisotopic (exact) mass is 228 g/mol. The van der Waals surface area contributed by atoms with Crippen LogP contribution in [-0.2, 0) is 14.8 Å². The summed E-state index contributed by atoms with van der Waals surface area (Å²) in [6.07, 6.45) is 0. The average Bonchev–Trinajstić information content (AvgIpc) is 1.83. The summed E-state index contributed by atoms with van der Waals surface area (Å²) in [6, 6.07) is 0. The summed E-state index contributed by atoms with van der Waals surface area (Å²) in [6.45, 7) is 2.78. The quantitative estimate of drug-likeness (QED) is 0.617. The van der Waals surface area contributed by atoms with Crippen molar-refractivity contribution in [1.29, 1.82) is 0 Å². The van der Waals surface area contributed by atoms with Crippen molar-refractivity contribution in [3.8, 4) is 0 Å². The van der Waals surface area contributed by atoms with Gasteiger partial charge in [0.25, 0.3) is 0 Å². The Labute approximate surface area is 82.7 Å². The summed E-state index contributed by atoms with van der Waals surface area (Å²) < 4.78 is 24.4. The van der Waals surface area contributed by atoms with E-state index in [0.717, 1.165) is 0 Å². The number of carbonyl (C=O) groups is 1. The molecular formula is C6H13ClN2O3S. The van der Waals surface area contributed by atoms with Crippen LogP contribution < -0.4 is 10.5 Å². The van der Waals surface area contributed by atoms with Crippen molar-refractivity contribution < 1.29 is 13.2 Å². The Morgan fingerprint density at radius 3 is 2.31 bits per heavy atom. The standard InChI is InChI=1S/C6H13ClN2O3S/c1-6(2,5(8)10)9-13(11,12)4-3-7/h9H,3-4H2,1-2H3,(H2,8,10). The fourth-order valence-electron chi connectivity index (χ4n) is 0.592. The third-order valence-corrected chi connectivity index (χ3v) is 3.35. The highest BCUT2D eigenvalue weighted by atomic mass is 35.5. The van der Waals surface area contributed by atoms with E-state index in [9.17, 15) is 13.2 Å². The summed E-state index contributed by atoms with van der Waals surface area (Å²) in [5, 5.41) is 0. The second-order valence-electron chi connectivity index (χ2n) is 3.10. The Kier molecular flexibility index (Phi) is 4.15. The number of amides is 1. The first-order valence-corrected chi connectivity index (χ1v) is 5.77. The molecule has 0 aliphatic rings. The zero-order valence-corrected chi connectivity index (χ0v) is 9.07. The van der Waals surface area contributed by atoms with Gasteiger partial charge < -0.3 is 5.73 Å². The molecule has 0 atom stereocenters. The fourth-order valence-corrected chi connectivity index (χ4v) is 2.38. The minimum atomic E-state index is -3.52. The number of nitrogens with two attached hydrogens (primary N) is 1. The lowest BCUT2D eigenvalue weighted by Crippen LogP contribution is -2.53. The largest absolute Gasteiger partial charge is 0.368 e. The number of primary amides is 1. The molecule has 5 nitrogen and oxygen atoms in total. The average molecular weight is 229 g/mol. The maximum Gasteiger partial charge on any atom is 0.238 e. The van der Waals surface area contributed by atoms with E-state index in [-0.39, 0.29) is 11.6 Å². The van der Waals surface area contributed by atoms with E-state index in [1.54, 1.807) is 0 Å². The van der Waals surface area contributed by atoms with Gasteiger partial charge in [-0.05, 0) is 13.8 Å². The highest BCUT2D eigenvalue weighted by Crippen LogP contribution is 2.03. The zero-order chi connectivity index (χ0) is 10.7. The van der Waals surface area contributed by atoms with Crippen molar-refractivity contribution >= 4 is 27.5 Å². The molecule has 0 fully saturated rings. The van der Waals surface area contributed by atoms with Crippen molar-refractivity contribution in [2.75, 3.05) is 11.6 Å². The number of hydrogen-bond donors (Lipinski definition) is 2. The van der Waals surface area contributed by atoms with Crippen LogP contribution in [0.4, 0.5) is 0 Å². The molecule has 0 unspecified atom stereocenters. The molecule has 0 heterocycles. The SMILES string of the molecule is CC(C)(NS(=O)(=O)CCCl)C(N)=O. The summed E-state index contributed by atoms with van der Waals surface area (Å²) in [4.78, 5) is 10.8. The summed E-state index contributed by atoms with van der Waals surface area (Å²) in [5.41, 5.74) is 3.70. The number of nitrogens with one attached hydrogen (secondary N) is 1. The second-order valence-corrected chi connectivity index (χ2v) is 5.32. The van der Waals surface area contributed by atoms with Gasteiger partial charge in [0.2, 0.25) is 15.9 Å². The Hall–Kier alpha value is -0.330. The van der Waals surface area contributed by atoms with Gasteiger partial charge >= 0.3 is 0 Å². The van der Waals surface area contributed by atoms with Crippen molar-refractivity contribution in [1.82, 2.24) is 4.72 Å². The van der Waals surface area contributed by atoms with E-state index in [1.807, 2.05) is 0 Å². The normalized spacial score (nSPS) is 12.8. The summed E-state index contributed by atoms with van der Waals surface area (Å²) >= 11 is 5.26. The van der Waals surface area contributed by atoms with Crippen molar-refractivity contribution in [2.24, 2.45) is 5.73 Å². The smallest absolute Gasteiger partial charge is 0.238 e. The van der Waals surface area contributed by atoms with E-state index in [1.165, 1.54) is 13.8 Å². The van der Waals surface area contributed by atoms with Gasteiger partial charge in [-0.3, -0.25) is 4.79 Å². The maximum absolute atomic E-state index is 11.1. The van der Waals surface area contributed by atoms with E-state index in [4.69, 9.17) is 17.3 Å². The summed E-state index contributed by atoms with van der Waals surface area (Å²) in [5.74, 6) is -0.985. The molecule has 0 aliphatic carbocycles. The molecule has 0 radical (unpaired) electrons. The first kappa shape index (κ1) is 12.7. The second kappa shape index (κ2) is 4.26. The molecule has 0 aromatic heterocycles. The number of hydrogen-bond acceptors (Lipinski definition) is 3. The molecule has 3 N–H and O–H groups in total. The number of alkyl halides is 1. The number of halogens is 1. The van der Waals surface area contributed by atoms with Crippen LogP contribution in [0.5, 0.6) is 0 Å². The Balaban J connectivity index is 4.53. The van der Waals surface area contributed by atoms with E-state index in [0.29, 0.717) is 0 Å². The predicted molar refractivity (Wildman–Crippen MR) is 50.9 cm³/mol. The van der Waals surface area contributed by atoms with Crippen molar-refractivity contribution in [3.05, 3.63) is 0 Å². The maximum atomic E-state index is 11.1. The van der Waals surface area contributed by atoms with Gasteiger partial charge in [0.05, 0.1) is 5.75 Å². The zero-order valence-electron chi connectivity index (χ0n) is 7.50. The van der Waals surface area contributed by atoms with Gasteiger partial charge in [-0.1, -0.05) is 0 Å². The molecule has 1 amide bonds. The minimum absolute atomic E-state index is 0.0236. The minimum Gasteiger partial charge on any atom is -0.368 e. The molecule has 13 heavy (non-hydrogen) atoms. The molecule has 78 valence electrons. The number of sulfonamides is 1. The van der Waals surface area contributed by atoms with Crippen LogP contribution in [0.25, 0.3) is 0 Å². The van der Waals surface area contributed by atoms with Gasteiger partial charge in [0, 0.05) is 5.88 Å². The topological polar surface area (TPSA) is 89.3 Å². The summed E-state index contributed by atoms with van der Waals surface area (Å²) in [7, 11) is -3.52. The highest BCUT2D eigenvalue weighted by molar-refractivity contribution is 7.89. The first-order chi connectivity index (χ1) is 5.71. The molecule has 0 spiro atoms. The fraction of sp³-hybridized carbons (Fsp3) is 0.833. The van der Waals surface area contributed by atoms with Crippen LogP contribution in [0.1, 0.15) is 13.8 Å². The lowest BCUT2D eigenvalue weighted by Gasteiger charge is -2.21. The molecule has 0 saturated heterocycles. The van der Waals surface area contributed by atoms with Crippen molar-refractivity contribution in [2.45, 2.75) is 19.4 Å². The van der Waals surface area contributed by atoms with E-state index >= 15 is 0 Å². The molecule has 0 aromatic rings.